The monoisotopic (exact) mass is 292 g/mol. The predicted molar refractivity (Wildman–Crippen MR) is 64.9 cm³/mol. The molecule has 0 aliphatic rings. The Hall–Kier alpha value is -1.50. The predicted octanol–water partition coefficient (Wildman–Crippen LogP) is 1.52. The molecule has 98 valence electrons. The van der Waals surface area contributed by atoms with Crippen molar-refractivity contribution in [1.29, 1.82) is 0 Å². The molecule has 0 saturated heterocycles. The van der Waals surface area contributed by atoms with E-state index in [1.165, 1.54) is 6.07 Å². The maximum atomic E-state index is 11.3. The molecule has 0 spiro atoms. The molecule has 0 fully saturated rings. The van der Waals surface area contributed by atoms with Crippen LogP contribution in [0.15, 0.2) is 17.5 Å². The first kappa shape index (κ1) is 14.6. The zero-order valence-corrected chi connectivity index (χ0v) is 10.8. The normalized spacial score (nSPS) is 12.8. The van der Waals surface area contributed by atoms with E-state index in [-0.39, 0.29) is 12.8 Å². The van der Waals surface area contributed by atoms with E-state index in [1.807, 2.05) is 0 Å². The molecular formula is C9H11NO6PS+. The zero-order valence-electron chi connectivity index (χ0n) is 9.09. The van der Waals surface area contributed by atoms with Crippen molar-refractivity contribution in [3.8, 4) is 0 Å². The van der Waals surface area contributed by atoms with Gasteiger partial charge in [0.05, 0.1) is 0 Å². The van der Waals surface area contributed by atoms with Crippen LogP contribution in [-0.4, -0.2) is 33.1 Å². The third kappa shape index (κ3) is 3.76. The fraction of sp³-hybridized carbons (Fsp3) is 0.333. The molecule has 0 radical (unpaired) electrons. The molecule has 18 heavy (non-hydrogen) atoms. The number of hydrogen-bond donors (Lipinski definition) is 3. The van der Waals surface area contributed by atoms with E-state index in [2.05, 4.69) is 0 Å². The van der Waals surface area contributed by atoms with Crippen molar-refractivity contribution in [3.63, 3.8) is 0 Å². The van der Waals surface area contributed by atoms with Crippen LogP contribution in [0.25, 0.3) is 0 Å². The van der Waals surface area contributed by atoms with E-state index in [1.54, 1.807) is 11.4 Å². The Morgan fingerprint density at radius 2 is 2.11 bits per heavy atom. The first-order valence-corrected chi connectivity index (χ1v) is 6.91. The Bertz CT molecular complexity index is 448. The zero-order chi connectivity index (χ0) is 13.7. The number of carbonyl (C=O) groups is 2. The quantitative estimate of drug-likeness (QED) is 0.652. The maximum absolute atomic E-state index is 11.3. The van der Waals surface area contributed by atoms with Crippen LogP contribution >= 0.6 is 19.5 Å². The minimum absolute atomic E-state index is 0.246. The highest BCUT2D eigenvalue weighted by Gasteiger charge is 2.40. The number of carboxylic acid groups (broad SMARTS) is 2. The lowest BCUT2D eigenvalue weighted by molar-refractivity contribution is -0.139. The van der Waals surface area contributed by atoms with E-state index >= 15 is 0 Å². The largest absolute Gasteiger partial charge is 0.644 e. The average Bonchev–Trinajstić information content (AvgIpc) is 2.75. The number of aliphatic carboxylic acids is 2. The third-order valence-electron chi connectivity index (χ3n) is 2.13. The van der Waals surface area contributed by atoms with Crippen LogP contribution < -0.4 is 4.67 Å². The van der Waals surface area contributed by atoms with Gasteiger partial charge in [0.15, 0.2) is 6.04 Å². The van der Waals surface area contributed by atoms with Crippen LogP contribution in [-0.2, 0) is 14.2 Å². The molecule has 0 amide bonds. The van der Waals surface area contributed by atoms with Gasteiger partial charge in [0.2, 0.25) is 0 Å². The van der Waals surface area contributed by atoms with E-state index in [9.17, 15) is 19.0 Å². The molecule has 9 heteroatoms. The second-order valence-corrected chi connectivity index (χ2v) is 5.20. The lowest BCUT2D eigenvalue weighted by atomic mass is 10.1. The SMILES string of the molecule is O=C(O)CCC(C(=O)O)N(c1cccs1)[P+](=O)O. The molecule has 2 atom stereocenters. The summed E-state index contributed by atoms with van der Waals surface area (Å²) in [7, 11) is -2.90. The van der Waals surface area contributed by atoms with Crippen molar-refractivity contribution in [2.45, 2.75) is 18.9 Å². The number of rotatable bonds is 7. The van der Waals surface area contributed by atoms with Gasteiger partial charge in [-0.1, -0.05) is 0 Å². The number of hydrogen-bond acceptors (Lipinski definition) is 4. The van der Waals surface area contributed by atoms with E-state index in [0.29, 0.717) is 5.00 Å². The van der Waals surface area contributed by atoms with E-state index < -0.39 is 26.2 Å². The molecule has 0 aromatic carbocycles. The molecule has 7 nitrogen and oxygen atoms in total. The molecule has 1 heterocycles. The minimum Gasteiger partial charge on any atom is -0.481 e. The first-order chi connectivity index (χ1) is 8.43. The van der Waals surface area contributed by atoms with Crippen LogP contribution in [0.2, 0.25) is 0 Å². The summed E-state index contributed by atoms with van der Waals surface area (Å²) in [5.74, 6) is -2.48. The summed E-state index contributed by atoms with van der Waals surface area (Å²) in [4.78, 5) is 30.7. The summed E-state index contributed by atoms with van der Waals surface area (Å²) in [6.07, 6.45) is -0.633. The van der Waals surface area contributed by atoms with Gasteiger partial charge in [-0.15, -0.1) is 20.9 Å². The van der Waals surface area contributed by atoms with Gasteiger partial charge in [0.1, 0.15) is 5.00 Å². The van der Waals surface area contributed by atoms with Crippen molar-refractivity contribution in [3.05, 3.63) is 17.5 Å². The standard InChI is InChI=1S/C9H10NO6PS/c11-8(12)4-3-6(9(13)14)10(17(15)16)7-2-1-5-18-7/h1-2,5-6H,3-4H2,(H2-,11,12,13,14,15,16)/p+1. The van der Waals surface area contributed by atoms with Gasteiger partial charge in [-0.05, 0) is 28.5 Å². The number of anilines is 1. The van der Waals surface area contributed by atoms with Crippen molar-refractivity contribution in [2.75, 3.05) is 4.67 Å². The highest BCUT2D eigenvalue weighted by atomic mass is 32.1. The molecule has 0 bridgehead atoms. The Labute approximate surface area is 107 Å². The second kappa shape index (κ2) is 6.44. The topological polar surface area (TPSA) is 115 Å². The molecule has 1 aromatic rings. The Kier molecular flexibility index (Phi) is 5.21. The molecule has 0 saturated carbocycles. The summed E-state index contributed by atoms with van der Waals surface area (Å²) < 4.78 is 12.1. The third-order valence-corrected chi connectivity index (χ3v) is 3.99. The van der Waals surface area contributed by atoms with Crippen molar-refractivity contribution >= 4 is 36.5 Å². The molecule has 2 unspecified atom stereocenters. The smallest absolute Gasteiger partial charge is 0.481 e. The van der Waals surface area contributed by atoms with Gasteiger partial charge in [0.25, 0.3) is 0 Å². The minimum atomic E-state index is -2.90. The van der Waals surface area contributed by atoms with E-state index in [4.69, 9.17) is 10.2 Å². The number of carboxylic acids is 2. The summed E-state index contributed by atoms with van der Waals surface area (Å²) in [5.41, 5.74) is 0. The first-order valence-electron chi connectivity index (χ1n) is 4.87. The van der Waals surface area contributed by atoms with Gasteiger partial charge in [-0.3, -0.25) is 4.79 Å². The van der Waals surface area contributed by atoms with Crippen LogP contribution in [0.3, 0.4) is 0 Å². The van der Waals surface area contributed by atoms with Gasteiger partial charge in [-0.2, -0.15) is 0 Å². The van der Waals surface area contributed by atoms with Gasteiger partial charge in [0, 0.05) is 6.42 Å². The average molecular weight is 292 g/mol. The molecule has 1 rings (SSSR count). The van der Waals surface area contributed by atoms with Crippen LogP contribution in [0.1, 0.15) is 12.8 Å². The van der Waals surface area contributed by atoms with Crippen LogP contribution in [0.4, 0.5) is 5.00 Å². The van der Waals surface area contributed by atoms with Gasteiger partial charge >= 0.3 is 20.1 Å². The van der Waals surface area contributed by atoms with Gasteiger partial charge in [-0.25, -0.2) is 4.79 Å². The summed E-state index contributed by atoms with van der Waals surface area (Å²) in [5, 5.41) is 19.5. The molecule has 1 aromatic heterocycles. The molecule has 3 N–H and O–H groups in total. The van der Waals surface area contributed by atoms with Crippen molar-refractivity contribution in [1.82, 2.24) is 0 Å². The van der Waals surface area contributed by atoms with Crippen molar-refractivity contribution < 1.29 is 29.3 Å². The van der Waals surface area contributed by atoms with Crippen molar-refractivity contribution in [2.24, 2.45) is 0 Å². The maximum Gasteiger partial charge on any atom is 0.644 e. The van der Waals surface area contributed by atoms with Gasteiger partial charge < -0.3 is 10.2 Å². The Morgan fingerprint density at radius 3 is 2.50 bits per heavy atom. The lowest BCUT2D eigenvalue weighted by Gasteiger charge is -2.16. The Morgan fingerprint density at radius 1 is 1.44 bits per heavy atom. The summed E-state index contributed by atoms with van der Waals surface area (Å²) in [6.45, 7) is 0. The van der Waals surface area contributed by atoms with E-state index in [0.717, 1.165) is 16.0 Å². The number of thiophene rings is 1. The fourth-order valence-corrected chi connectivity index (χ4v) is 3.10. The molecule has 0 aliphatic heterocycles. The fourth-order valence-electron chi connectivity index (χ4n) is 1.37. The summed E-state index contributed by atoms with van der Waals surface area (Å²) in [6, 6.07) is 1.78. The highest BCUT2D eigenvalue weighted by Crippen LogP contribution is 2.36. The van der Waals surface area contributed by atoms with Crippen LogP contribution in [0.5, 0.6) is 0 Å². The Balaban J connectivity index is 2.96. The lowest BCUT2D eigenvalue weighted by Crippen LogP contribution is -2.36. The molecular weight excluding hydrogens is 281 g/mol. The summed E-state index contributed by atoms with van der Waals surface area (Å²) >= 11 is 1.11. The highest BCUT2D eigenvalue weighted by molar-refractivity contribution is 7.41. The number of nitrogens with zero attached hydrogens (tertiary/aromatic N) is 1. The second-order valence-electron chi connectivity index (χ2n) is 3.34. The molecule has 0 aliphatic carbocycles. The van der Waals surface area contributed by atoms with Crippen LogP contribution in [0, 0.1) is 0 Å².